The van der Waals surface area contributed by atoms with E-state index in [1.165, 1.54) is 0 Å². The molecular weight excluding hydrogens is 168 g/mol. The Morgan fingerprint density at radius 2 is 1.58 bits per heavy atom. The first kappa shape index (κ1) is 9.44. The molecule has 2 N–H and O–H groups in total. The third kappa shape index (κ3) is 1.74. The lowest BCUT2D eigenvalue weighted by Crippen LogP contribution is -2.51. The Kier molecular flexibility index (Phi) is 2.67. The molecule has 0 radical (unpaired) electrons. The number of hydrogen-bond donors (Lipinski definition) is 2. The van der Waals surface area contributed by atoms with Crippen molar-refractivity contribution >= 4 is 13.7 Å². The molecule has 0 fully saturated rings. The Morgan fingerprint density at radius 1 is 1.08 bits per heavy atom. The molecule has 0 atom stereocenters. The monoisotopic (exact) mass is 182 g/mol. The number of benzene rings is 1. The third-order valence-electron chi connectivity index (χ3n) is 2.00. The molecule has 12 heavy (non-hydrogen) atoms. The molecule has 0 bridgehead atoms. The van der Waals surface area contributed by atoms with Crippen molar-refractivity contribution in [3.05, 3.63) is 30.3 Å². The average Bonchev–Trinajstić information content (AvgIpc) is 2.06. The van der Waals surface area contributed by atoms with Crippen LogP contribution >= 0.6 is 0 Å². The van der Waals surface area contributed by atoms with E-state index < -0.39 is 8.56 Å². The highest BCUT2D eigenvalue weighted by Gasteiger charge is 2.35. The molecular formula is C9H14O2Si. The molecule has 0 aliphatic heterocycles. The highest BCUT2D eigenvalue weighted by molar-refractivity contribution is 6.79. The predicted molar refractivity (Wildman–Crippen MR) is 51.4 cm³/mol. The van der Waals surface area contributed by atoms with E-state index in [2.05, 4.69) is 0 Å². The molecule has 0 heterocycles. The summed E-state index contributed by atoms with van der Waals surface area (Å²) in [5, 5.41) is 0.681. The van der Waals surface area contributed by atoms with Crippen molar-refractivity contribution < 1.29 is 9.59 Å². The maximum Gasteiger partial charge on any atom is 0.369 e. The van der Waals surface area contributed by atoms with E-state index in [0.29, 0.717) is 5.19 Å². The largest absolute Gasteiger partial charge is 0.407 e. The van der Waals surface area contributed by atoms with Gasteiger partial charge in [0, 0.05) is 5.54 Å². The molecule has 0 saturated carbocycles. The van der Waals surface area contributed by atoms with E-state index in [1.54, 1.807) is 12.1 Å². The van der Waals surface area contributed by atoms with Gasteiger partial charge in [0.2, 0.25) is 0 Å². The van der Waals surface area contributed by atoms with Crippen molar-refractivity contribution in [3.8, 4) is 0 Å². The average molecular weight is 182 g/mol. The standard InChI is InChI=1S/C9H14O2Si/c1-8(2)12(10,11)9-6-4-3-5-7-9/h3-8,10-11H,1-2H3. The number of hydrogen-bond acceptors (Lipinski definition) is 2. The van der Waals surface area contributed by atoms with E-state index >= 15 is 0 Å². The van der Waals surface area contributed by atoms with Gasteiger partial charge in [0.1, 0.15) is 0 Å². The predicted octanol–water partition coefficient (Wildman–Crippen LogP) is 0.730. The van der Waals surface area contributed by atoms with E-state index in [4.69, 9.17) is 0 Å². The van der Waals surface area contributed by atoms with Crippen LogP contribution in [0.5, 0.6) is 0 Å². The van der Waals surface area contributed by atoms with Crippen LogP contribution in [0.1, 0.15) is 13.8 Å². The van der Waals surface area contributed by atoms with E-state index in [0.717, 1.165) is 0 Å². The van der Waals surface area contributed by atoms with Crippen LogP contribution in [0.4, 0.5) is 0 Å². The molecule has 0 spiro atoms. The van der Waals surface area contributed by atoms with Crippen LogP contribution in [0.25, 0.3) is 0 Å². The Labute approximate surface area is 73.7 Å². The van der Waals surface area contributed by atoms with Gasteiger partial charge >= 0.3 is 8.56 Å². The van der Waals surface area contributed by atoms with Crippen LogP contribution in [0, 0.1) is 0 Å². The fourth-order valence-electron chi connectivity index (χ4n) is 1.02. The van der Waals surface area contributed by atoms with Gasteiger partial charge in [0.15, 0.2) is 0 Å². The normalized spacial score (nSPS) is 12.1. The van der Waals surface area contributed by atoms with Gasteiger partial charge in [-0.25, -0.2) is 0 Å². The maximum atomic E-state index is 9.76. The van der Waals surface area contributed by atoms with E-state index in [-0.39, 0.29) is 5.54 Å². The van der Waals surface area contributed by atoms with Gasteiger partial charge in [0.05, 0.1) is 0 Å². The van der Waals surface area contributed by atoms with Crippen molar-refractivity contribution in [3.63, 3.8) is 0 Å². The van der Waals surface area contributed by atoms with Crippen LogP contribution in [0.15, 0.2) is 30.3 Å². The van der Waals surface area contributed by atoms with Crippen LogP contribution in [-0.2, 0) is 0 Å². The summed E-state index contributed by atoms with van der Waals surface area (Å²) in [6.07, 6.45) is 0. The lowest BCUT2D eigenvalue weighted by atomic mass is 10.4. The highest BCUT2D eigenvalue weighted by Crippen LogP contribution is 2.13. The van der Waals surface area contributed by atoms with Gasteiger partial charge in [-0.3, -0.25) is 0 Å². The molecule has 0 aliphatic rings. The van der Waals surface area contributed by atoms with Crippen molar-refractivity contribution in [1.29, 1.82) is 0 Å². The third-order valence-corrected chi connectivity index (χ3v) is 4.80. The quantitative estimate of drug-likeness (QED) is 0.662. The Balaban J connectivity index is 2.98. The lowest BCUT2D eigenvalue weighted by molar-refractivity contribution is 0.366. The Bertz CT molecular complexity index is 244. The van der Waals surface area contributed by atoms with E-state index in [9.17, 15) is 9.59 Å². The van der Waals surface area contributed by atoms with Crippen molar-refractivity contribution in [2.75, 3.05) is 0 Å². The van der Waals surface area contributed by atoms with Gasteiger partial charge in [-0.2, -0.15) is 0 Å². The fraction of sp³-hybridized carbons (Fsp3) is 0.333. The summed E-state index contributed by atoms with van der Waals surface area (Å²) in [6.45, 7) is 3.67. The summed E-state index contributed by atoms with van der Waals surface area (Å²) in [6, 6.07) is 9.06. The molecule has 1 aromatic rings. The molecule has 2 nitrogen and oxygen atoms in total. The van der Waals surface area contributed by atoms with Gasteiger partial charge < -0.3 is 9.59 Å². The Morgan fingerprint density at radius 3 is 2.00 bits per heavy atom. The summed E-state index contributed by atoms with van der Waals surface area (Å²) in [7, 11) is -3.16. The van der Waals surface area contributed by atoms with Crippen LogP contribution in [-0.4, -0.2) is 18.2 Å². The smallest absolute Gasteiger partial charge is 0.369 e. The number of rotatable bonds is 2. The highest BCUT2D eigenvalue weighted by atomic mass is 28.4. The summed E-state index contributed by atoms with van der Waals surface area (Å²) < 4.78 is 0. The molecule has 0 unspecified atom stereocenters. The zero-order chi connectivity index (χ0) is 9.19. The topological polar surface area (TPSA) is 40.5 Å². The molecule has 1 aromatic carbocycles. The van der Waals surface area contributed by atoms with Crippen molar-refractivity contribution in [2.24, 2.45) is 0 Å². The van der Waals surface area contributed by atoms with Crippen molar-refractivity contribution in [2.45, 2.75) is 19.4 Å². The summed E-state index contributed by atoms with van der Waals surface area (Å²) in [4.78, 5) is 19.5. The first-order chi connectivity index (χ1) is 5.55. The SMILES string of the molecule is CC(C)[Si](O)(O)c1ccccc1. The van der Waals surface area contributed by atoms with Crippen LogP contribution < -0.4 is 5.19 Å². The first-order valence-electron chi connectivity index (χ1n) is 4.05. The van der Waals surface area contributed by atoms with Crippen LogP contribution in [0.2, 0.25) is 5.54 Å². The minimum Gasteiger partial charge on any atom is -0.407 e. The summed E-state index contributed by atoms with van der Waals surface area (Å²) >= 11 is 0. The lowest BCUT2D eigenvalue weighted by Gasteiger charge is -2.21. The molecule has 0 aliphatic carbocycles. The zero-order valence-electron chi connectivity index (χ0n) is 7.36. The first-order valence-corrected chi connectivity index (χ1v) is 6.02. The second-order valence-electron chi connectivity index (χ2n) is 3.25. The molecule has 66 valence electrons. The van der Waals surface area contributed by atoms with Gasteiger partial charge in [-0.05, 0) is 5.19 Å². The second-order valence-corrected chi connectivity index (χ2v) is 6.43. The maximum absolute atomic E-state index is 9.76. The van der Waals surface area contributed by atoms with Crippen molar-refractivity contribution in [1.82, 2.24) is 0 Å². The zero-order valence-corrected chi connectivity index (χ0v) is 8.36. The Hall–Kier alpha value is -0.643. The molecule has 0 aromatic heterocycles. The van der Waals surface area contributed by atoms with Gasteiger partial charge in [-0.1, -0.05) is 44.2 Å². The summed E-state index contributed by atoms with van der Waals surface area (Å²) in [5.74, 6) is 0. The summed E-state index contributed by atoms with van der Waals surface area (Å²) in [5.41, 5.74) is -0.0695. The molecule has 0 saturated heterocycles. The molecule has 0 amide bonds. The fourth-order valence-corrected chi connectivity index (χ4v) is 2.37. The van der Waals surface area contributed by atoms with Gasteiger partial charge in [-0.15, -0.1) is 0 Å². The van der Waals surface area contributed by atoms with Gasteiger partial charge in [0.25, 0.3) is 0 Å². The minimum absolute atomic E-state index is 0.0695. The minimum atomic E-state index is -3.16. The molecule has 3 heteroatoms. The molecule has 1 rings (SSSR count). The second kappa shape index (κ2) is 3.39. The van der Waals surface area contributed by atoms with Crippen LogP contribution in [0.3, 0.4) is 0 Å². The van der Waals surface area contributed by atoms with E-state index in [1.807, 2.05) is 32.0 Å².